The monoisotopic (exact) mass is 284 g/mol. The highest BCUT2D eigenvalue weighted by Crippen LogP contribution is 2.24. The van der Waals surface area contributed by atoms with Crippen molar-refractivity contribution in [2.75, 3.05) is 13.2 Å². The predicted molar refractivity (Wildman–Crippen MR) is 66.7 cm³/mol. The minimum absolute atomic E-state index is 0.0997. The van der Waals surface area contributed by atoms with Crippen LogP contribution in [-0.4, -0.2) is 34.9 Å². The molecule has 0 unspecified atom stereocenters. The normalized spacial score (nSPS) is 11.2. The van der Waals surface area contributed by atoms with Crippen LogP contribution in [0.1, 0.15) is 11.4 Å². The molecule has 0 fully saturated rings. The van der Waals surface area contributed by atoms with Gasteiger partial charge in [-0.3, -0.25) is 0 Å². The number of aromatic nitrogens is 2. The molecule has 2 rings (SSSR count). The topological polar surface area (TPSA) is 68.4 Å². The lowest BCUT2D eigenvalue weighted by molar-refractivity contribution is 0.0182. The largest absolute Gasteiger partial charge is 0.508 e. The van der Waals surface area contributed by atoms with Gasteiger partial charge in [-0.2, -0.15) is 4.98 Å². The summed E-state index contributed by atoms with van der Waals surface area (Å²) in [6, 6.07) is 5.01. The van der Waals surface area contributed by atoms with Crippen molar-refractivity contribution in [1.29, 1.82) is 0 Å². The molecule has 108 valence electrons. The Bertz CT molecular complexity index is 572. The van der Waals surface area contributed by atoms with E-state index in [0.29, 0.717) is 11.4 Å². The minimum atomic E-state index is -2.48. The molecular weight excluding hydrogens is 270 g/mol. The summed E-state index contributed by atoms with van der Waals surface area (Å²) in [5.74, 6) is 0.779. The lowest BCUT2D eigenvalue weighted by Crippen LogP contribution is -2.07. The Hall–Kier alpha value is -2.02. The summed E-state index contributed by atoms with van der Waals surface area (Å²) in [6.45, 7) is 1.28. The minimum Gasteiger partial charge on any atom is -0.508 e. The highest BCUT2D eigenvalue weighted by atomic mass is 19.3. The van der Waals surface area contributed by atoms with Crippen LogP contribution < -0.4 is 0 Å². The summed E-state index contributed by atoms with van der Waals surface area (Å²) >= 11 is 0. The molecule has 1 heterocycles. The Morgan fingerprint density at radius 1 is 1.40 bits per heavy atom. The second kappa shape index (κ2) is 6.42. The molecule has 1 N–H and O–H groups in total. The van der Waals surface area contributed by atoms with Crippen LogP contribution in [0.4, 0.5) is 8.78 Å². The van der Waals surface area contributed by atoms with Gasteiger partial charge in [0.15, 0.2) is 5.82 Å². The zero-order chi connectivity index (χ0) is 14.5. The molecule has 0 spiro atoms. The Balaban J connectivity index is 1.96. The van der Waals surface area contributed by atoms with Gasteiger partial charge in [-0.1, -0.05) is 11.2 Å². The van der Waals surface area contributed by atoms with Crippen molar-refractivity contribution in [1.82, 2.24) is 10.1 Å². The number of benzene rings is 1. The summed E-state index contributed by atoms with van der Waals surface area (Å²) in [5.41, 5.74) is 1.34. The Morgan fingerprint density at radius 2 is 2.20 bits per heavy atom. The molecule has 0 aliphatic carbocycles. The molecule has 0 aliphatic heterocycles. The van der Waals surface area contributed by atoms with Gasteiger partial charge < -0.3 is 14.4 Å². The molecule has 0 amide bonds. The first-order valence-electron chi connectivity index (χ1n) is 6.04. The van der Waals surface area contributed by atoms with Crippen molar-refractivity contribution in [2.45, 2.75) is 19.8 Å². The molecule has 0 aliphatic rings. The van der Waals surface area contributed by atoms with Gasteiger partial charge >= 0.3 is 0 Å². The van der Waals surface area contributed by atoms with Crippen LogP contribution in [0.2, 0.25) is 0 Å². The molecule has 0 saturated carbocycles. The van der Waals surface area contributed by atoms with Crippen LogP contribution in [-0.2, 0) is 11.2 Å². The fourth-order valence-electron chi connectivity index (χ4n) is 1.55. The average Bonchev–Trinajstić information content (AvgIpc) is 2.86. The first kappa shape index (κ1) is 14.4. The summed E-state index contributed by atoms with van der Waals surface area (Å²) in [7, 11) is 0. The third-order valence-electron chi connectivity index (χ3n) is 2.64. The molecular formula is C13H14F2N2O3. The number of aryl methyl sites for hydroxylation is 1. The maximum absolute atomic E-state index is 11.9. The number of aromatic hydroxyl groups is 1. The summed E-state index contributed by atoms with van der Waals surface area (Å²) < 4.78 is 33.5. The van der Waals surface area contributed by atoms with Crippen LogP contribution >= 0.6 is 0 Å². The molecule has 0 radical (unpaired) electrons. The molecule has 2 aromatic rings. The third kappa shape index (κ3) is 3.74. The Kier molecular flexibility index (Phi) is 4.62. The molecule has 1 aromatic carbocycles. The number of nitrogens with zero attached hydrogens (tertiary/aromatic N) is 2. The number of hydrogen-bond acceptors (Lipinski definition) is 5. The quantitative estimate of drug-likeness (QED) is 0.826. The van der Waals surface area contributed by atoms with E-state index in [-0.39, 0.29) is 24.7 Å². The number of phenols is 1. The van der Waals surface area contributed by atoms with E-state index in [1.807, 2.05) is 0 Å². The van der Waals surface area contributed by atoms with Gasteiger partial charge in [0, 0.05) is 12.0 Å². The summed E-state index contributed by atoms with van der Waals surface area (Å²) in [5, 5.41) is 13.3. The van der Waals surface area contributed by atoms with Gasteiger partial charge in [0.2, 0.25) is 0 Å². The average molecular weight is 284 g/mol. The van der Waals surface area contributed by atoms with E-state index in [9.17, 15) is 13.9 Å². The van der Waals surface area contributed by atoms with Crippen molar-refractivity contribution in [2.24, 2.45) is 0 Å². The smallest absolute Gasteiger partial charge is 0.261 e. The zero-order valence-electron chi connectivity index (χ0n) is 10.8. The van der Waals surface area contributed by atoms with Crippen molar-refractivity contribution in [3.8, 4) is 17.2 Å². The van der Waals surface area contributed by atoms with Gasteiger partial charge in [-0.25, -0.2) is 8.78 Å². The van der Waals surface area contributed by atoms with Gasteiger partial charge in [0.1, 0.15) is 12.4 Å². The van der Waals surface area contributed by atoms with Gasteiger partial charge in [0.05, 0.1) is 6.61 Å². The van der Waals surface area contributed by atoms with Gasteiger partial charge in [0.25, 0.3) is 12.3 Å². The van der Waals surface area contributed by atoms with Crippen molar-refractivity contribution in [3.63, 3.8) is 0 Å². The summed E-state index contributed by atoms with van der Waals surface area (Å²) in [4.78, 5) is 4.11. The predicted octanol–water partition coefficient (Wildman–Crippen LogP) is 2.57. The van der Waals surface area contributed by atoms with Crippen LogP contribution in [0, 0.1) is 6.92 Å². The molecule has 0 bridgehead atoms. The zero-order valence-corrected chi connectivity index (χ0v) is 10.8. The number of rotatable bonds is 6. The highest BCUT2D eigenvalue weighted by molar-refractivity contribution is 5.57. The Labute approximate surface area is 114 Å². The SMILES string of the molecule is Cc1ccc(-c2nc(CCOCC(F)F)no2)cc1O. The molecule has 7 heteroatoms. The molecule has 20 heavy (non-hydrogen) atoms. The van der Waals surface area contributed by atoms with Crippen molar-refractivity contribution < 1.29 is 23.1 Å². The van der Waals surface area contributed by atoms with E-state index in [4.69, 9.17) is 9.26 Å². The van der Waals surface area contributed by atoms with Crippen molar-refractivity contribution in [3.05, 3.63) is 29.6 Å². The number of alkyl halides is 2. The van der Waals surface area contributed by atoms with E-state index < -0.39 is 13.0 Å². The third-order valence-corrected chi connectivity index (χ3v) is 2.64. The molecule has 1 aromatic heterocycles. The fraction of sp³-hybridized carbons (Fsp3) is 0.385. The lowest BCUT2D eigenvalue weighted by atomic mass is 10.1. The van der Waals surface area contributed by atoms with Gasteiger partial charge in [-0.05, 0) is 24.6 Å². The van der Waals surface area contributed by atoms with Crippen LogP contribution in [0.5, 0.6) is 5.75 Å². The second-order valence-electron chi connectivity index (χ2n) is 4.23. The van der Waals surface area contributed by atoms with E-state index in [1.165, 1.54) is 6.07 Å². The summed E-state index contributed by atoms with van der Waals surface area (Å²) in [6.07, 6.45) is -2.19. The number of hydrogen-bond donors (Lipinski definition) is 1. The Morgan fingerprint density at radius 3 is 2.90 bits per heavy atom. The van der Waals surface area contributed by atoms with E-state index >= 15 is 0 Å². The first-order valence-corrected chi connectivity index (χ1v) is 6.04. The number of phenolic OH excluding ortho intramolecular Hbond substituents is 1. The molecule has 0 atom stereocenters. The van der Waals surface area contributed by atoms with Crippen molar-refractivity contribution >= 4 is 0 Å². The van der Waals surface area contributed by atoms with E-state index in [2.05, 4.69) is 10.1 Å². The van der Waals surface area contributed by atoms with Crippen LogP contribution in [0.15, 0.2) is 22.7 Å². The number of halogens is 2. The standard InChI is InChI=1S/C13H14F2N2O3/c1-8-2-3-9(6-10(8)18)13-16-12(17-20-13)4-5-19-7-11(14)15/h2-3,6,11,18H,4-5,7H2,1H3. The number of ether oxygens (including phenoxy) is 1. The first-order chi connectivity index (χ1) is 9.56. The highest BCUT2D eigenvalue weighted by Gasteiger charge is 2.10. The van der Waals surface area contributed by atoms with E-state index in [1.54, 1.807) is 19.1 Å². The molecule has 5 nitrogen and oxygen atoms in total. The van der Waals surface area contributed by atoms with E-state index in [0.717, 1.165) is 5.56 Å². The lowest BCUT2D eigenvalue weighted by Gasteiger charge is -2.00. The second-order valence-corrected chi connectivity index (χ2v) is 4.23. The van der Waals surface area contributed by atoms with Crippen LogP contribution in [0.25, 0.3) is 11.5 Å². The maximum atomic E-state index is 11.9. The van der Waals surface area contributed by atoms with Crippen LogP contribution in [0.3, 0.4) is 0 Å². The van der Waals surface area contributed by atoms with Gasteiger partial charge in [-0.15, -0.1) is 0 Å². The maximum Gasteiger partial charge on any atom is 0.261 e. The fourth-order valence-corrected chi connectivity index (χ4v) is 1.55. The molecule has 0 saturated heterocycles.